The molecule has 33 heavy (non-hydrogen) atoms. The quantitative estimate of drug-likeness (QED) is 0.382. The number of amides is 1. The number of ether oxygens (including phenoxy) is 1. The number of pyridine rings is 1. The Labute approximate surface area is 199 Å². The fraction of sp³-hybridized carbons (Fsp3) is 0.192. The van der Waals surface area contributed by atoms with E-state index in [0.717, 1.165) is 41.1 Å². The van der Waals surface area contributed by atoms with Crippen LogP contribution in [-0.4, -0.2) is 22.1 Å². The summed E-state index contributed by atoms with van der Waals surface area (Å²) in [4.78, 5) is 12.2. The number of rotatable bonds is 8. The van der Waals surface area contributed by atoms with Gasteiger partial charge in [-0.2, -0.15) is 9.67 Å². The van der Waals surface area contributed by atoms with Crippen LogP contribution in [0.4, 0.5) is 0 Å². The van der Waals surface area contributed by atoms with Crippen LogP contribution in [0.3, 0.4) is 0 Å². The smallest absolute Gasteiger partial charge is 0.286 e. The van der Waals surface area contributed by atoms with Crippen molar-refractivity contribution in [2.45, 2.75) is 31.5 Å². The molecule has 6 nitrogen and oxygen atoms in total. The van der Waals surface area contributed by atoms with Crippen LogP contribution in [0.1, 0.15) is 30.2 Å². The Bertz CT molecular complexity index is 1190. The van der Waals surface area contributed by atoms with Crippen molar-refractivity contribution in [3.8, 4) is 17.0 Å². The van der Waals surface area contributed by atoms with Gasteiger partial charge in [-0.15, -0.1) is 0 Å². The number of carbonyl (C=O) groups excluding carboxylic acids is 1. The third-order valence-corrected chi connectivity index (χ3v) is 5.40. The Balaban J connectivity index is 0.00000259. The molecule has 0 spiro atoms. The summed E-state index contributed by atoms with van der Waals surface area (Å²) in [7, 11) is 0. The van der Waals surface area contributed by atoms with Crippen molar-refractivity contribution in [2.75, 3.05) is 0 Å². The number of nitrogens with zero attached hydrogens (tertiary/aromatic N) is 2. The van der Waals surface area contributed by atoms with Crippen LogP contribution in [0.15, 0.2) is 91.3 Å². The van der Waals surface area contributed by atoms with Crippen LogP contribution >= 0.6 is 0 Å². The number of hydrogen-bond donors (Lipinski definition) is 2. The van der Waals surface area contributed by atoms with Crippen LogP contribution in [0, 0.1) is 0 Å². The molecule has 0 bridgehead atoms. The van der Waals surface area contributed by atoms with Crippen LogP contribution < -0.4 is 27.0 Å². The van der Waals surface area contributed by atoms with E-state index in [9.17, 15) is 4.79 Å². The monoisotopic (exact) mass is 460 g/mol. The number of H-pyrrole nitrogens is 1. The lowest BCUT2D eigenvalue weighted by atomic mass is 10.1. The number of benzene rings is 2. The van der Waals surface area contributed by atoms with Crippen LogP contribution in [-0.2, 0) is 11.3 Å². The molecule has 1 fully saturated rings. The number of para-hydroxylation sites is 1. The van der Waals surface area contributed by atoms with E-state index in [-0.39, 0.29) is 24.4 Å². The van der Waals surface area contributed by atoms with Crippen molar-refractivity contribution in [3.63, 3.8) is 0 Å². The Hall–Kier alpha value is -3.64. The summed E-state index contributed by atoms with van der Waals surface area (Å²) in [6, 6.07) is 26.1. The second-order valence-corrected chi connectivity index (χ2v) is 8.04. The van der Waals surface area contributed by atoms with E-state index in [0.29, 0.717) is 12.6 Å². The van der Waals surface area contributed by atoms with Gasteiger partial charge in [0.2, 0.25) is 6.54 Å². The molecule has 5 rings (SSSR count). The number of carbonyl (C=O) groups is 1. The second-order valence-electron chi connectivity index (χ2n) is 8.04. The van der Waals surface area contributed by atoms with Gasteiger partial charge in [-0.05, 0) is 42.7 Å². The van der Waals surface area contributed by atoms with Crippen molar-refractivity contribution < 1.29 is 26.5 Å². The lowest BCUT2D eigenvalue weighted by Crippen LogP contribution is -3.00. The molecule has 0 aliphatic heterocycles. The van der Waals surface area contributed by atoms with E-state index >= 15 is 0 Å². The van der Waals surface area contributed by atoms with Crippen molar-refractivity contribution in [3.05, 3.63) is 103 Å². The normalized spacial score (nSPS) is 13.6. The minimum absolute atomic E-state index is 0. The van der Waals surface area contributed by atoms with Gasteiger partial charge in [0.1, 0.15) is 5.75 Å². The Morgan fingerprint density at radius 2 is 1.79 bits per heavy atom. The first-order valence-corrected chi connectivity index (χ1v) is 10.9. The average molecular weight is 461 g/mol. The third kappa shape index (κ3) is 5.79. The Morgan fingerprint density at radius 1 is 1.06 bits per heavy atom. The van der Waals surface area contributed by atoms with Crippen molar-refractivity contribution in [2.24, 2.45) is 0 Å². The first-order chi connectivity index (χ1) is 15.7. The molecule has 2 heterocycles. The lowest BCUT2D eigenvalue weighted by molar-refractivity contribution is -0.684. The molecule has 1 amide bonds. The zero-order valence-electron chi connectivity index (χ0n) is 18.0. The summed E-state index contributed by atoms with van der Waals surface area (Å²) in [5.74, 6) is 0.828. The number of nitrogens with one attached hydrogen (secondary N) is 2. The maximum atomic E-state index is 12.2. The fourth-order valence-electron chi connectivity index (χ4n) is 3.63. The van der Waals surface area contributed by atoms with E-state index in [2.05, 4.69) is 15.5 Å². The predicted octanol–water partition coefficient (Wildman–Crippen LogP) is 0.815. The van der Waals surface area contributed by atoms with E-state index in [1.807, 2.05) is 95.8 Å². The van der Waals surface area contributed by atoms with Crippen molar-refractivity contribution >= 4 is 5.91 Å². The van der Waals surface area contributed by atoms with Crippen LogP contribution in [0.2, 0.25) is 0 Å². The van der Waals surface area contributed by atoms with Gasteiger partial charge < -0.3 is 22.5 Å². The number of aromatic amines is 1. The van der Waals surface area contributed by atoms with E-state index in [1.165, 1.54) is 0 Å². The fourth-order valence-corrected chi connectivity index (χ4v) is 3.63. The van der Waals surface area contributed by atoms with Gasteiger partial charge in [-0.1, -0.05) is 48.5 Å². The Kier molecular flexibility index (Phi) is 7.05. The Morgan fingerprint density at radius 3 is 2.52 bits per heavy atom. The molecule has 7 heteroatoms. The van der Waals surface area contributed by atoms with Gasteiger partial charge in [0.25, 0.3) is 5.91 Å². The highest BCUT2D eigenvalue weighted by Gasteiger charge is 2.25. The summed E-state index contributed by atoms with van der Waals surface area (Å²) >= 11 is 0. The molecule has 1 aliphatic carbocycles. The predicted molar refractivity (Wildman–Crippen MR) is 121 cm³/mol. The maximum absolute atomic E-state index is 12.2. The number of aromatic nitrogens is 3. The first-order valence-electron chi connectivity index (χ1n) is 10.9. The summed E-state index contributed by atoms with van der Waals surface area (Å²) in [6.45, 7) is 0.297. The highest BCUT2D eigenvalue weighted by molar-refractivity contribution is 5.75. The summed E-state index contributed by atoms with van der Waals surface area (Å²) in [5, 5.41) is 10.7. The summed E-state index contributed by atoms with van der Waals surface area (Å²) in [6.07, 6.45) is 5.69. The van der Waals surface area contributed by atoms with Gasteiger partial charge in [0, 0.05) is 12.1 Å². The van der Waals surface area contributed by atoms with Gasteiger partial charge >= 0.3 is 0 Å². The van der Waals surface area contributed by atoms with E-state index < -0.39 is 0 Å². The molecule has 2 aromatic heterocycles. The second kappa shape index (κ2) is 10.3. The van der Waals surface area contributed by atoms with E-state index in [4.69, 9.17) is 4.74 Å². The van der Waals surface area contributed by atoms with Gasteiger partial charge in [0.15, 0.2) is 18.5 Å². The average Bonchev–Trinajstić information content (AvgIpc) is 3.50. The van der Waals surface area contributed by atoms with Gasteiger partial charge in [-0.3, -0.25) is 9.89 Å². The molecule has 2 aromatic carbocycles. The minimum atomic E-state index is -0.319. The maximum Gasteiger partial charge on any atom is 0.286 e. The summed E-state index contributed by atoms with van der Waals surface area (Å²) in [5.41, 5.74) is 3.62. The first kappa shape index (κ1) is 22.6. The summed E-state index contributed by atoms with van der Waals surface area (Å²) < 4.78 is 8.21. The van der Waals surface area contributed by atoms with E-state index in [1.54, 1.807) is 0 Å². The number of hydrogen-bond acceptors (Lipinski definition) is 3. The molecular formula is C26H25ClN4O2. The molecule has 1 unspecified atom stereocenters. The van der Waals surface area contributed by atoms with Crippen LogP contribution in [0.5, 0.6) is 5.75 Å². The minimum Gasteiger partial charge on any atom is -1.00 e. The molecule has 0 saturated heterocycles. The van der Waals surface area contributed by atoms with Gasteiger partial charge in [-0.25, -0.2) is 0 Å². The van der Waals surface area contributed by atoms with Crippen molar-refractivity contribution in [1.29, 1.82) is 0 Å². The topological polar surface area (TPSA) is 70.9 Å². The molecule has 1 saturated carbocycles. The largest absolute Gasteiger partial charge is 1.00 e. The highest BCUT2D eigenvalue weighted by atomic mass is 35.5. The zero-order valence-corrected chi connectivity index (χ0v) is 18.8. The third-order valence-electron chi connectivity index (χ3n) is 5.40. The highest BCUT2D eigenvalue weighted by Crippen LogP contribution is 2.29. The van der Waals surface area contributed by atoms with Gasteiger partial charge in [0.05, 0.1) is 17.0 Å². The number of halogens is 1. The zero-order chi connectivity index (χ0) is 21.8. The standard InChI is InChI=1S/C26H24N4O2.ClH/c31-25(27-21-13-14-21)18-30-15-7-10-20(17-30)23-16-24(29-28-23)26(19-8-3-1-4-9-19)32-22-11-5-2-6-12-22;/h1-12,15-17,21,26H,13-14,18H2,(H-,27,28,29,31);1H. The molecule has 2 N–H and O–H groups in total. The lowest BCUT2D eigenvalue weighted by Gasteiger charge is -2.18. The molecule has 168 valence electrons. The van der Waals surface area contributed by atoms with Crippen LogP contribution in [0.25, 0.3) is 11.3 Å². The molecule has 1 atom stereocenters. The molecule has 0 radical (unpaired) electrons. The molecule has 1 aliphatic rings. The SMILES string of the molecule is O=C(C[n+]1cccc(-c2cc(C(Oc3ccccc3)c3ccccc3)[nH]n2)c1)NC1CC1.[Cl-]. The molecule has 4 aromatic rings. The van der Waals surface area contributed by atoms with Crippen molar-refractivity contribution in [1.82, 2.24) is 15.5 Å². The molecular weight excluding hydrogens is 436 g/mol.